The molecule has 2 aromatic heterocycles. The quantitative estimate of drug-likeness (QED) is 0.831. The van der Waals surface area contributed by atoms with Crippen LogP contribution in [0.15, 0.2) is 36.7 Å². The third-order valence-corrected chi connectivity index (χ3v) is 2.59. The number of aromatic nitrogens is 2. The van der Waals surface area contributed by atoms with Crippen LogP contribution in [-0.4, -0.2) is 9.97 Å². The third-order valence-electron chi connectivity index (χ3n) is 2.59. The molecule has 0 aliphatic rings. The molecule has 0 atom stereocenters. The van der Waals surface area contributed by atoms with Gasteiger partial charge in [-0.25, -0.2) is 0 Å². The Labute approximate surface area is 95.4 Å². The Kier molecular flexibility index (Phi) is 2.97. The lowest BCUT2D eigenvalue weighted by atomic mass is 10.0. The van der Waals surface area contributed by atoms with Crippen molar-refractivity contribution in [2.45, 2.75) is 19.9 Å². The summed E-state index contributed by atoms with van der Waals surface area (Å²) in [7, 11) is 0. The van der Waals surface area contributed by atoms with Crippen molar-refractivity contribution in [3.63, 3.8) is 0 Å². The normalized spacial score (nSPS) is 10.8. The van der Waals surface area contributed by atoms with E-state index in [4.69, 9.17) is 5.73 Å². The number of nitrogens with two attached hydrogens (primary N) is 1. The van der Waals surface area contributed by atoms with Gasteiger partial charge in [-0.15, -0.1) is 0 Å². The Morgan fingerprint density at radius 1 is 0.875 bits per heavy atom. The summed E-state index contributed by atoms with van der Waals surface area (Å²) in [6.45, 7) is 3.92. The summed E-state index contributed by atoms with van der Waals surface area (Å²) in [6.07, 6.45) is 3.64. The van der Waals surface area contributed by atoms with Crippen LogP contribution >= 0.6 is 0 Å². The molecule has 2 heterocycles. The van der Waals surface area contributed by atoms with Crippen LogP contribution in [0.25, 0.3) is 0 Å². The van der Waals surface area contributed by atoms with Crippen molar-refractivity contribution in [1.29, 1.82) is 0 Å². The minimum Gasteiger partial charge on any atom is -0.320 e. The van der Waals surface area contributed by atoms with Gasteiger partial charge in [0.15, 0.2) is 0 Å². The zero-order valence-electron chi connectivity index (χ0n) is 9.51. The second-order valence-electron chi connectivity index (χ2n) is 3.94. The first kappa shape index (κ1) is 10.8. The summed E-state index contributed by atoms with van der Waals surface area (Å²) in [4.78, 5) is 8.49. The van der Waals surface area contributed by atoms with Gasteiger partial charge in [0.05, 0.1) is 6.04 Å². The van der Waals surface area contributed by atoms with Crippen molar-refractivity contribution in [2.24, 2.45) is 5.73 Å². The molecule has 0 aromatic carbocycles. The van der Waals surface area contributed by atoms with E-state index in [0.29, 0.717) is 0 Å². The fourth-order valence-electron chi connectivity index (χ4n) is 1.52. The summed E-state index contributed by atoms with van der Waals surface area (Å²) in [6, 6.07) is 7.80. The molecule has 2 rings (SSSR count). The van der Waals surface area contributed by atoms with Crippen LogP contribution in [-0.2, 0) is 0 Å². The van der Waals surface area contributed by atoms with Crippen LogP contribution in [0.1, 0.15) is 28.6 Å². The first-order valence-electron chi connectivity index (χ1n) is 5.27. The van der Waals surface area contributed by atoms with E-state index < -0.39 is 0 Å². The minimum atomic E-state index is -0.152. The van der Waals surface area contributed by atoms with Crippen LogP contribution in [0.5, 0.6) is 0 Å². The van der Waals surface area contributed by atoms with Gasteiger partial charge in [-0.2, -0.15) is 0 Å². The molecule has 0 aliphatic carbocycles. The van der Waals surface area contributed by atoms with Gasteiger partial charge in [0, 0.05) is 23.8 Å². The van der Waals surface area contributed by atoms with Gasteiger partial charge in [0.25, 0.3) is 0 Å². The van der Waals surface area contributed by atoms with Crippen molar-refractivity contribution in [2.75, 3.05) is 0 Å². The van der Waals surface area contributed by atoms with Gasteiger partial charge in [-0.05, 0) is 37.1 Å². The van der Waals surface area contributed by atoms with E-state index in [1.165, 1.54) is 0 Å². The highest BCUT2D eigenvalue weighted by Crippen LogP contribution is 2.18. The molecule has 0 radical (unpaired) electrons. The monoisotopic (exact) mass is 213 g/mol. The van der Waals surface area contributed by atoms with E-state index in [1.54, 1.807) is 0 Å². The van der Waals surface area contributed by atoms with Crippen LogP contribution in [0, 0.1) is 13.8 Å². The summed E-state index contributed by atoms with van der Waals surface area (Å²) in [5.41, 5.74) is 10.2. The number of nitrogens with zero attached hydrogens (tertiary/aromatic N) is 2. The lowest BCUT2D eigenvalue weighted by molar-refractivity contribution is 0.850. The summed E-state index contributed by atoms with van der Waals surface area (Å²) in [5.74, 6) is 0. The fraction of sp³-hybridized carbons (Fsp3) is 0.231. The molecule has 0 saturated heterocycles. The third kappa shape index (κ3) is 2.25. The number of pyridine rings is 2. The molecule has 0 saturated carbocycles. The SMILES string of the molecule is Cc1ccc(C(N)c2ccc(C)nc2)cn1. The summed E-state index contributed by atoms with van der Waals surface area (Å²) >= 11 is 0. The molecule has 0 fully saturated rings. The van der Waals surface area contributed by atoms with Gasteiger partial charge < -0.3 is 5.73 Å². The molecule has 2 N–H and O–H groups in total. The van der Waals surface area contributed by atoms with Gasteiger partial charge in [-0.1, -0.05) is 12.1 Å². The van der Waals surface area contributed by atoms with Crippen molar-refractivity contribution in [3.05, 3.63) is 59.2 Å². The highest BCUT2D eigenvalue weighted by atomic mass is 14.7. The minimum absolute atomic E-state index is 0.152. The van der Waals surface area contributed by atoms with E-state index in [9.17, 15) is 0 Å². The van der Waals surface area contributed by atoms with Crippen LogP contribution in [0.2, 0.25) is 0 Å². The number of hydrogen-bond donors (Lipinski definition) is 1. The predicted molar refractivity (Wildman–Crippen MR) is 64.0 cm³/mol. The van der Waals surface area contributed by atoms with Crippen LogP contribution < -0.4 is 5.73 Å². The molecular weight excluding hydrogens is 198 g/mol. The maximum absolute atomic E-state index is 6.14. The Morgan fingerprint density at radius 2 is 1.31 bits per heavy atom. The Morgan fingerprint density at radius 3 is 1.62 bits per heavy atom. The first-order chi connectivity index (χ1) is 7.66. The van der Waals surface area contributed by atoms with Gasteiger partial charge in [0.1, 0.15) is 0 Å². The molecule has 82 valence electrons. The molecule has 0 amide bonds. The van der Waals surface area contributed by atoms with E-state index in [2.05, 4.69) is 9.97 Å². The van der Waals surface area contributed by atoms with E-state index >= 15 is 0 Å². The number of hydrogen-bond acceptors (Lipinski definition) is 3. The van der Waals surface area contributed by atoms with Crippen molar-refractivity contribution in [3.8, 4) is 0 Å². The zero-order valence-corrected chi connectivity index (χ0v) is 9.51. The molecule has 3 nitrogen and oxygen atoms in total. The predicted octanol–water partition coefficient (Wildman–Crippen LogP) is 2.14. The molecule has 3 heteroatoms. The van der Waals surface area contributed by atoms with Crippen molar-refractivity contribution in [1.82, 2.24) is 9.97 Å². The molecular formula is C13H15N3. The maximum Gasteiger partial charge on any atom is 0.0582 e. The van der Waals surface area contributed by atoms with Crippen LogP contribution in [0.4, 0.5) is 0 Å². The number of rotatable bonds is 2. The molecule has 0 bridgehead atoms. The lowest BCUT2D eigenvalue weighted by Gasteiger charge is -2.11. The van der Waals surface area contributed by atoms with Crippen LogP contribution in [0.3, 0.4) is 0 Å². The van der Waals surface area contributed by atoms with Gasteiger partial charge >= 0.3 is 0 Å². The Bertz CT molecular complexity index is 414. The molecule has 16 heavy (non-hydrogen) atoms. The summed E-state index contributed by atoms with van der Waals surface area (Å²) in [5, 5.41) is 0. The molecule has 0 spiro atoms. The lowest BCUT2D eigenvalue weighted by Crippen LogP contribution is -2.12. The standard InChI is InChI=1S/C13H15N3/c1-9-3-5-11(7-15-9)13(14)12-6-4-10(2)16-8-12/h3-8,13H,14H2,1-2H3. The number of aryl methyl sites for hydroxylation is 2. The Hall–Kier alpha value is -1.74. The van der Waals surface area contributed by atoms with E-state index in [1.807, 2.05) is 50.5 Å². The Balaban J connectivity index is 2.28. The van der Waals surface area contributed by atoms with Gasteiger partial charge in [0.2, 0.25) is 0 Å². The van der Waals surface area contributed by atoms with E-state index in [0.717, 1.165) is 22.5 Å². The fourth-order valence-corrected chi connectivity index (χ4v) is 1.52. The largest absolute Gasteiger partial charge is 0.320 e. The average molecular weight is 213 g/mol. The second kappa shape index (κ2) is 4.41. The highest BCUT2D eigenvalue weighted by Gasteiger charge is 2.08. The maximum atomic E-state index is 6.14. The molecule has 2 aromatic rings. The van der Waals surface area contributed by atoms with Crippen molar-refractivity contribution < 1.29 is 0 Å². The highest BCUT2D eigenvalue weighted by molar-refractivity contribution is 5.28. The average Bonchev–Trinajstić information content (AvgIpc) is 2.30. The van der Waals surface area contributed by atoms with Crippen molar-refractivity contribution >= 4 is 0 Å². The topological polar surface area (TPSA) is 51.8 Å². The smallest absolute Gasteiger partial charge is 0.0582 e. The second-order valence-corrected chi connectivity index (χ2v) is 3.94. The van der Waals surface area contributed by atoms with Gasteiger partial charge in [-0.3, -0.25) is 9.97 Å². The van der Waals surface area contributed by atoms with E-state index in [-0.39, 0.29) is 6.04 Å². The first-order valence-corrected chi connectivity index (χ1v) is 5.27. The molecule has 0 unspecified atom stereocenters. The summed E-state index contributed by atoms with van der Waals surface area (Å²) < 4.78 is 0. The zero-order chi connectivity index (χ0) is 11.5. The molecule has 0 aliphatic heterocycles.